The van der Waals surface area contributed by atoms with E-state index in [9.17, 15) is 5.11 Å². The molecule has 0 bridgehead atoms. The monoisotopic (exact) mass is 225 g/mol. The number of aryl methyl sites for hydroxylation is 1. The molecule has 1 aliphatic rings. The van der Waals surface area contributed by atoms with E-state index in [0.717, 1.165) is 31.6 Å². The first-order valence-corrected chi connectivity index (χ1v) is 5.93. The minimum atomic E-state index is -0.263. The van der Waals surface area contributed by atoms with Gasteiger partial charge in [0.2, 0.25) is 0 Å². The molecular formula is C11H19N3O2. The highest BCUT2D eigenvalue weighted by molar-refractivity contribution is 4.90. The van der Waals surface area contributed by atoms with Crippen LogP contribution in [0.1, 0.15) is 25.6 Å². The summed E-state index contributed by atoms with van der Waals surface area (Å²) in [7, 11) is 0. The third-order valence-electron chi connectivity index (χ3n) is 3.01. The van der Waals surface area contributed by atoms with Gasteiger partial charge in [-0.1, -0.05) is 6.92 Å². The Bertz CT molecular complexity index is 327. The van der Waals surface area contributed by atoms with E-state index in [1.165, 1.54) is 0 Å². The van der Waals surface area contributed by atoms with E-state index in [-0.39, 0.29) is 12.0 Å². The van der Waals surface area contributed by atoms with Crippen molar-refractivity contribution in [3.8, 4) is 0 Å². The number of hydrogen-bond acceptors (Lipinski definition) is 4. The summed E-state index contributed by atoms with van der Waals surface area (Å²) >= 11 is 0. The molecule has 0 aliphatic carbocycles. The van der Waals surface area contributed by atoms with Gasteiger partial charge in [0.05, 0.1) is 12.7 Å². The van der Waals surface area contributed by atoms with Crippen molar-refractivity contribution in [3.63, 3.8) is 0 Å². The highest BCUT2D eigenvalue weighted by atomic mass is 16.5. The highest BCUT2D eigenvalue weighted by Crippen LogP contribution is 2.18. The number of nitrogens with zero attached hydrogens (tertiary/aromatic N) is 3. The van der Waals surface area contributed by atoms with Gasteiger partial charge in [-0.3, -0.25) is 4.68 Å². The van der Waals surface area contributed by atoms with Gasteiger partial charge in [0, 0.05) is 25.5 Å². The summed E-state index contributed by atoms with van der Waals surface area (Å²) in [6, 6.07) is 0. The van der Waals surface area contributed by atoms with Crippen molar-refractivity contribution in [1.29, 1.82) is 0 Å². The largest absolute Gasteiger partial charge is 0.393 e. The average Bonchev–Trinajstić information content (AvgIpc) is 2.70. The molecule has 1 N–H and O–H groups in total. The zero-order chi connectivity index (χ0) is 11.4. The number of hydrogen-bond donors (Lipinski definition) is 1. The van der Waals surface area contributed by atoms with Crippen LogP contribution in [-0.4, -0.2) is 39.2 Å². The van der Waals surface area contributed by atoms with Crippen molar-refractivity contribution in [2.24, 2.45) is 5.92 Å². The molecule has 0 saturated carbocycles. The second kappa shape index (κ2) is 5.41. The van der Waals surface area contributed by atoms with Gasteiger partial charge in [-0.05, 0) is 12.8 Å². The first-order valence-electron chi connectivity index (χ1n) is 5.93. The van der Waals surface area contributed by atoms with Crippen molar-refractivity contribution in [2.75, 3.05) is 13.2 Å². The molecule has 2 atom stereocenters. The molecule has 5 heteroatoms. The average molecular weight is 225 g/mol. The molecule has 90 valence electrons. The van der Waals surface area contributed by atoms with Gasteiger partial charge in [-0.25, -0.2) is 4.98 Å². The van der Waals surface area contributed by atoms with Gasteiger partial charge in [-0.15, -0.1) is 0 Å². The second-order valence-electron chi connectivity index (χ2n) is 4.29. The maximum Gasteiger partial charge on any atom is 0.138 e. The van der Waals surface area contributed by atoms with E-state index >= 15 is 0 Å². The molecule has 1 saturated heterocycles. The summed E-state index contributed by atoms with van der Waals surface area (Å²) in [5, 5.41) is 14.0. The van der Waals surface area contributed by atoms with E-state index in [2.05, 4.69) is 17.0 Å². The van der Waals surface area contributed by atoms with Crippen LogP contribution in [0.5, 0.6) is 0 Å². The maximum atomic E-state index is 9.85. The summed E-state index contributed by atoms with van der Waals surface area (Å²) in [6.07, 6.45) is 3.84. The molecule has 2 heterocycles. The molecule has 0 amide bonds. The number of aliphatic hydroxyl groups is 1. The first kappa shape index (κ1) is 11.5. The zero-order valence-corrected chi connectivity index (χ0v) is 9.67. The third kappa shape index (κ3) is 2.59. The van der Waals surface area contributed by atoms with Crippen molar-refractivity contribution in [2.45, 2.75) is 38.8 Å². The molecular weight excluding hydrogens is 206 g/mol. The first-order chi connectivity index (χ1) is 7.81. The van der Waals surface area contributed by atoms with Gasteiger partial charge in [0.25, 0.3) is 0 Å². The van der Waals surface area contributed by atoms with Gasteiger partial charge in [0.1, 0.15) is 12.2 Å². The van der Waals surface area contributed by atoms with E-state index < -0.39 is 0 Å². The molecule has 0 spiro atoms. The molecule has 1 aliphatic heterocycles. The fourth-order valence-electron chi connectivity index (χ4n) is 2.06. The predicted molar refractivity (Wildman–Crippen MR) is 58.9 cm³/mol. The Morgan fingerprint density at radius 2 is 2.50 bits per heavy atom. The molecule has 1 aromatic heterocycles. The Morgan fingerprint density at radius 1 is 1.62 bits per heavy atom. The quantitative estimate of drug-likeness (QED) is 0.816. The van der Waals surface area contributed by atoms with Crippen molar-refractivity contribution in [1.82, 2.24) is 14.8 Å². The third-order valence-corrected chi connectivity index (χ3v) is 3.01. The van der Waals surface area contributed by atoms with Crippen LogP contribution >= 0.6 is 0 Å². The number of ether oxygens (including phenoxy) is 1. The van der Waals surface area contributed by atoms with Crippen LogP contribution in [0.3, 0.4) is 0 Å². The normalized spacial score (nSPS) is 25.9. The summed E-state index contributed by atoms with van der Waals surface area (Å²) in [5.74, 6) is 1.12. The summed E-state index contributed by atoms with van der Waals surface area (Å²) in [5.41, 5.74) is 0. The minimum Gasteiger partial charge on any atom is -0.393 e. The lowest BCUT2D eigenvalue weighted by Gasteiger charge is -2.27. The Balaban J connectivity index is 1.99. The van der Waals surface area contributed by atoms with Crippen LogP contribution in [0, 0.1) is 5.92 Å². The number of aromatic nitrogens is 3. The Morgan fingerprint density at radius 3 is 3.25 bits per heavy atom. The molecule has 0 radical (unpaired) electrons. The Labute approximate surface area is 95.4 Å². The van der Waals surface area contributed by atoms with Crippen LogP contribution in [0.25, 0.3) is 0 Å². The predicted octanol–water partition coefficient (Wildman–Crippen LogP) is 0.628. The molecule has 16 heavy (non-hydrogen) atoms. The zero-order valence-electron chi connectivity index (χ0n) is 9.67. The van der Waals surface area contributed by atoms with Gasteiger partial charge in [-0.2, -0.15) is 5.10 Å². The molecule has 0 aromatic carbocycles. The summed E-state index contributed by atoms with van der Waals surface area (Å²) in [4.78, 5) is 4.25. The van der Waals surface area contributed by atoms with Gasteiger partial charge in [0.15, 0.2) is 0 Å². The lowest BCUT2D eigenvalue weighted by Crippen LogP contribution is -2.34. The summed E-state index contributed by atoms with van der Waals surface area (Å²) < 4.78 is 7.30. The van der Waals surface area contributed by atoms with Crippen LogP contribution in [-0.2, 0) is 17.7 Å². The summed E-state index contributed by atoms with van der Waals surface area (Å²) in [6.45, 7) is 4.29. The SMILES string of the molecule is CCCn1ncnc1CC1COCCC1O. The second-order valence-corrected chi connectivity index (χ2v) is 4.29. The highest BCUT2D eigenvalue weighted by Gasteiger charge is 2.25. The van der Waals surface area contributed by atoms with Crippen LogP contribution in [0.15, 0.2) is 6.33 Å². The van der Waals surface area contributed by atoms with Crippen LogP contribution < -0.4 is 0 Å². The van der Waals surface area contributed by atoms with Gasteiger partial charge < -0.3 is 9.84 Å². The fraction of sp³-hybridized carbons (Fsp3) is 0.818. The lowest BCUT2D eigenvalue weighted by atomic mass is 9.95. The molecule has 1 aromatic rings. The molecule has 1 fully saturated rings. The van der Waals surface area contributed by atoms with E-state index in [1.807, 2.05) is 4.68 Å². The number of aliphatic hydroxyl groups excluding tert-OH is 1. The van der Waals surface area contributed by atoms with Crippen LogP contribution in [0.4, 0.5) is 0 Å². The van der Waals surface area contributed by atoms with E-state index in [1.54, 1.807) is 6.33 Å². The molecule has 5 nitrogen and oxygen atoms in total. The van der Waals surface area contributed by atoms with Crippen molar-refractivity contribution < 1.29 is 9.84 Å². The molecule has 2 unspecified atom stereocenters. The van der Waals surface area contributed by atoms with Crippen LogP contribution in [0.2, 0.25) is 0 Å². The number of rotatable bonds is 4. The topological polar surface area (TPSA) is 60.2 Å². The van der Waals surface area contributed by atoms with E-state index in [4.69, 9.17) is 4.74 Å². The lowest BCUT2D eigenvalue weighted by molar-refractivity contribution is -0.0360. The van der Waals surface area contributed by atoms with Crippen molar-refractivity contribution >= 4 is 0 Å². The Kier molecular flexibility index (Phi) is 3.90. The fourth-order valence-corrected chi connectivity index (χ4v) is 2.06. The van der Waals surface area contributed by atoms with Gasteiger partial charge >= 0.3 is 0 Å². The smallest absolute Gasteiger partial charge is 0.138 e. The maximum absolute atomic E-state index is 9.85. The van der Waals surface area contributed by atoms with E-state index in [0.29, 0.717) is 13.2 Å². The molecule has 2 rings (SSSR count). The Hall–Kier alpha value is -0.940. The van der Waals surface area contributed by atoms with Crippen molar-refractivity contribution in [3.05, 3.63) is 12.2 Å². The standard InChI is InChI=1S/C11H19N3O2/c1-2-4-14-11(12-8-13-14)6-9-7-16-5-3-10(9)15/h8-10,15H,2-7H2,1H3. The minimum absolute atomic E-state index is 0.161.